The van der Waals surface area contributed by atoms with Gasteiger partial charge in [-0.2, -0.15) is 0 Å². The second kappa shape index (κ2) is 4.28. The van der Waals surface area contributed by atoms with E-state index in [-0.39, 0.29) is 0 Å². The second-order valence-electron chi connectivity index (χ2n) is 3.73. The fourth-order valence-electron chi connectivity index (χ4n) is 1.58. The first-order valence-electron chi connectivity index (χ1n) is 5.06. The molecule has 1 N–H and O–H groups in total. The summed E-state index contributed by atoms with van der Waals surface area (Å²) < 4.78 is 5.64. The van der Waals surface area contributed by atoms with E-state index < -0.39 is 0 Å². The molecule has 0 aromatic carbocycles. The summed E-state index contributed by atoms with van der Waals surface area (Å²) in [5.74, 6) is 0. The molecule has 0 bridgehead atoms. The highest BCUT2D eigenvalue weighted by molar-refractivity contribution is 7.13. The Kier molecular flexibility index (Phi) is 3.03. The first kappa shape index (κ1) is 9.93. The van der Waals surface area contributed by atoms with Gasteiger partial charge in [-0.05, 0) is 33.2 Å². The zero-order valence-corrected chi connectivity index (χ0v) is 9.49. The molecular formula is C10H16N2OS. The maximum atomic E-state index is 5.64. The van der Waals surface area contributed by atoms with E-state index in [4.69, 9.17) is 4.74 Å². The van der Waals surface area contributed by atoms with Gasteiger partial charge in [0.2, 0.25) is 0 Å². The molecule has 1 aromatic rings. The van der Waals surface area contributed by atoms with Crippen molar-refractivity contribution in [3.05, 3.63) is 10.6 Å². The Morgan fingerprint density at radius 3 is 3.00 bits per heavy atom. The van der Waals surface area contributed by atoms with Gasteiger partial charge in [-0.15, -0.1) is 0 Å². The van der Waals surface area contributed by atoms with Crippen molar-refractivity contribution < 1.29 is 4.74 Å². The number of thiazole rings is 1. The van der Waals surface area contributed by atoms with Crippen molar-refractivity contribution in [2.24, 2.45) is 0 Å². The Labute approximate surface area is 88.5 Å². The normalized spacial score (nSPS) is 21.4. The third-order valence-corrected chi connectivity index (χ3v) is 3.56. The van der Waals surface area contributed by atoms with E-state index in [0.29, 0.717) is 6.04 Å². The van der Waals surface area contributed by atoms with Gasteiger partial charge in [0.05, 0.1) is 5.69 Å². The summed E-state index contributed by atoms with van der Waals surface area (Å²) in [4.78, 5) is 5.59. The predicted molar refractivity (Wildman–Crippen MR) is 58.1 cm³/mol. The van der Waals surface area contributed by atoms with Crippen LogP contribution in [0.1, 0.15) is 23.4 Å². The molecule has 0 spiro atoms. The van der Waals surface area contributed by atoms with Crippen LogP contribution in [-0.2, 0) is 0 Å². The van der Waals surface area contributed by atoms with Crippen LogP contribution in [0.3, 0.4) is 0 Å². The Morgan fingerprint density at radius 1 is 1.57 bits per heavy atom. The van der Waals surface area contributed by atoms with Crippen LogP contribution in [-0.4, -0.2) is 24.2 Å². The van der Waals surface area contributed by atoms with Crippen LogP contribution in [0.2, 0.25) is 0 Å². The number of nitrogens with one attached hydrogen (secondary N) is 1. The minimum absolute atomic E-state index is 0.527. The van der Waals surface area contributed by atoms with Gasteiger partial charge in [0.25, 0.3) is 5.19 Å². The molecule has 1 aromatic heterocycles. The molecule has 14 heavy (non-hydrogen) atoms. The smallest absolute Gasteiger partial charge is 0.273 e. The molecule has 1 aliphatic heterocycles. The number of hydrogen-bond donors (Lipinski definition) is 1. The highest BCUT2D eigenvalue weighted by atomic mass is 32.1. The number of rotatable bonds is 3. The summed E-state index contributed by atoms with van der Waals surface area (Å²) >= 11 is 1.64. The van der Waals surface area contributed by atoms with E-state index in [0.717, 1.165) is 24.0 Å². The Morgan fingerprint density at radius 2 is 2.43 bits per heavy atom. The predicted octanol–water partition coefficient (Wildman–Crippen LogP) is 1.89. The Hall–Kier alpha value is -0.610. The lowest BCUT2D eigenvalue weighted by molar-refractivity contribution is 0.275. The summed E-state index contributed by atoms with van der Waals surface area (Å²) in [6.45, 7) is 5.98. The Bertz CT molecular complexity index is 286. The fraction of sp³-hybridized carbons (Fsp3) is 0.700. The maximum Gasteiger partial charge on any atom is 0.273 e. The van der Waals surface area contributed by atoms with Gasteiger partial charge in [-0.25, -0.2) is 4.98 Å². The molecule has 1 aliphatic rings. The van der Waals surface area contributed by atoms with E-state index in [1.165, 1.54) is 17.7 Å². The van der Waals surface area contributed by atoms with Crippen molar-refractivity contribution in [1.29, 1.82) is 0 Å². The molecule has 0 aliphatic carbocycles. The molecule has 1 fully saturated rings. The number of hydrogen-bond acceptors (Lipinski definition) is 4. The van der Waals surface area contributed by atoms with Crippen molar-refractivity contribution in [2.45, 2.75) is 32.7 Å². The largest absolute Gasteiger partial charge is 0.468 e. The first-order chi connectivity index (χ1) is 6.75. The minimum atomic E-state index is 0.527. The van der Waals surface area contributed by atoms with E-state index >= 15 is 0 Å². The third-order valence-electron chi connectivity index (χ3n) is 2.58. The van der Waals surface area contributed by atoms with Gasteiger partial charge in [0.15, 0.2) is 0 Å². The van der Waals surface area contributed by atoms with Crippen LogP contribution in [0.4, 0.5) is 0 Å². The van der Waals surface area contributed by atoms with E-state index in [9.17, 15) is 0 Å². The molecular weight excluding hydrogens is 196 g/mol. The van der Waals surface area contributed by atoms with Crippen LogP contribution in [0, 0.1) is 13.8 Å². The average molecular weight is 212 g/mol. The number of ether oxygens (including phenoxy) is 1. The molecule has 4 heteroatoms. The van der Waals surface area contributed by atoms with Gasteiger partial charge < -0.3 is 10.1 Å². The number of aryl methyl sites for hydroxylation is 2. The van der Waals surface area contributed by atoms with Gasteiger partial charge in [-0.3, -0.25) is 0 Å². The lowest BCUT2D eigenvalue weighted by Gasteiger charge is -2.09. The Balaban J connectivity index is 1.85. The zero-order valence-electron chi connectivity index (χ0n) is 8.67. The van der Waals surface area contributed by atoms with Gasteiger partial charge >= 0.3 is 0 Å². The number of aromatic nitrogens is 1. The standard InChI is InChI=1S/C10H16N2OS/c1-7-8(2)14-10(12-7)13-6-9-4-3-5-11-9/h9,11H,3-6H2,1-2H3. The summed E-state index contributed by atoms with van der Waals surface area (Å²) in [6, 6.07) is 0.527. The zero-order chi connectivity index (χ0) is 9.97. The van der Waals surface area contributed by atoms with Crippen LogP contribution < -0.4 is 10.1 Å². The maximum absolute atomic E-state index is 5.64. The molecule has 0 radical (unpaired) electrons. The summed E-state index contributed by atoms with van der Waals surface area (Å²) in [6.07, 6.45) is 2.49. The molecule has 2 heterocycles. The lowest BCUT2D eigenvalue weighted by atomic mass is 10.2. The summed E-state index contributed by atoms with van der Waals surface area (Å²) in [5.41, 5.74) is 1.09. The van der Waals surface area contributed by atoms with E-state index in [1.807, 2.05) is 6.92 Å². The molecule has 2 rings (SSSR count). The van der Waals surface area contributed by atoms with Crippen LogP contribution >= 0.6 is 11.3 Å². The van der Waals surface area contributed by atoms with Gasteiger partial charge in [0, 0.05) is 10.9 Å². The molecule has 1 unspecified atom stereocenters. The van der Waals surface area contributed by atoms with Gasteiger partial charge in [0.1, 0.15) is 6.61 Å². The van der Waals surface area contributed by atoms with Crippen LogP contribution in [0.5, 0.6) is 5.19 Å². The van der Waals surface area contributed by atoms with E-state index in [1.54, 1.807) is 11.3 Å². The SMILES string of the molecule is Cc1nc(OCC2CCCN2)sc1C. The highest BCUT2D eigenvalue weighted by Crippen LogP contribution is 2.23. The second-order valence-corrected chi connectivity index (χ2v) is 4.89. The molecule has 0 saturated carbocycles. The van der Waals surface area contributed by atoms with E-state index in [2.05, 4.69) is 17.2 Å². The first-order valence-corrected chi connectivity index (χ1v) is 5.87. The highest BCUT2D eigenvalue weighted by Gasteiger charge is 2.15. The minimum Gasteiger partial charge on any atom is -0.468 e. The molecule has 0 amide bonds. The molecule has 78 valence electrons. The van der Waals surface area contributed by atoms with Crippen molar-refractivity contribution in [3.8, 4) is 5.19 Å². The monoisotopic (exact) mass is 212 g/mol. The van der Waals surface area contributed by atoms with Gasteiger partial charge in [-0.1, -0.05) is 11.3 Å². The summed E-state index contributed by atoms with van der Waals surface area (Å²) in [7, 11) is 0. The number of nitrogens with zero attached hydrogens (tertiary/aromatic N) is 1. The molecule has 1 saturated heterocycles. The summed E-state index contributed by atoms with van der Waals surface area (Å²) in [5, 5.41) is 4.21. The van der Waals surface area contributed by atoms with Crippen LogP contribution in [0.15, 0.2) is 0 Å². The van der Waals surface area contributed by atoms with Crippen molar-refractivity contribution in [2.75, 3.05) is 13.2 Å². The molecule has 3 nitrogen and oxygen atoms in total. The fourth-order valence-corrected chi connectivity index (χ4v) is 2.34. The average Bonchev–Trinajstić information content (AvgIpc) is 2.74. The third kappa shape index (κ3) is 2.25. The van der Waals surface area contributed by atoms with Crippen molar-refractivity contribution >= 4 is 11.3 Å². The van der Waals surface area contributed by atoms with Crippen LogP contribution in [0.25, 0.3) is 0 Å². The lowest BCUT2D eigenvalue weighted by Crippen LogP contribution is -2.28. The molecule has 1 atom stereocenters. The topological polar surface area (TPSA) is 34.1 Å². The van der Waals surface area contributed by atoms with Crippen molar-refractivity contribution in [3.63, 3.8) is 0 Å². The quantitative estimate of drug-likeness (QED) is 0.831. The van der Waals surface area contributed by atoms with Crippen molar-refractivity contribution in [1.82, 2.24) is 10.3 Å².